The molecule has 0 unspecified atom stereocenters. The Morgan fingerprint density at radius 1 is 0.880 bits per heavy atom. The third-order valence-corrected chi connectivity index (χ3v) is 4.43. The lowest BCUT2D eigenvalue weighted by Crippen LogP contribution is -2.45. The maximum absolute atomic E-state index is 12.7. The molecule has 1 atom stereocenters. The quantitative estimate of drug-likeness (QED) is 0.870. The van der Waals surface area contributed by atoms with Crippen molar-refractivity contribution in [3.05, 3.63) is 65.2 Å². The molecule has 0 saturated heterocycles. The predicted octanol–water partition coefficient (Wildman–Crippen LogP) is 3.43. The number of carbonyl (C=O) groups is 3. The van der Waals surface area contributed by atoms with E-state index < -0.39 is 17.9 Å². The normalized spacial score (nSPS) is 14.6. The number of carbonyl (C=O) groups excluding carboxylic acids is 3. The zero-order chi connectivity index (χ0) is 18.1. The van der Waals surface area contributed by atoms with Crippen LogP contribution in [0.15, 0.2) is 48.5 Å². The first kappa shape index (κ1) is 16.9. The monoisotopic (exact) mass is 336 g/mol. The van der Waals surface area contributed by atoms with Crippen molar-refractivity contribution >= 4 is 23.4 Å². The highest BCUT2D eigenvalue weighted by Gasteiger charge is 2.40. The summed E-state index contributed by atoms with van der Waals surface area (Å²) in [5.74, 6) is -1.01. The summed E-state index contributed by atoms with van der Waals surface area (Å²) in [5.41, 5.74) is 2.39. The molecule has 0 aromatic heterocycles. The summed E-state index contributed by atoms with van der Waals surface area (Å²) >= 11 is 0. The van der Waals surface area contributed by atoms with Crippen molar-refractivity contribution in [1.82, 2.24) is 4.90 Å². The molecule has 3 rings (SSSR count). The lowest BCUT2D eigenvalue weighted by Gasteiger charge is -2.23. The molecule has 1 N–H and O–H groups in total. The van der Waals surface area contributed by atoms with Gasteiger partial charge in [0.05, 0.1) is 11.1 Å². The molecule has 0 bridgehead atoms. The lowest BCUT2D eigenvalue weighted by molar-refractivity contribution is -0.119. The molecule has 0 saturated carbocycles. The molecule has 0 fully saturated rings. The Morgan fingerprint density at radius 3 is 1.96 bits per heavy atom. The maximum atomic E-state index is 12.7. The number of nitrogens with zero attached hydrogens (tertiary/aromatic N) is 1. The number of nitrogens with one attached hydrogen (secondary N) is 1. The van der Waals surface area contributed by atoms with E-state index in [0.29, 0.717) is 16.8 Å². The first-order chi connectivity index (χ1) is 11.9. The van der Waals surface area contributed by atoms with E-state index in [-0.39, 0.29) is 11.8 Å². The highest BCUT2D eigenvalue weighted by Crippen LogP contribution is 2.27. The van der Waals surface area contributed by atoms with Gasteiger partial charge in [0.1, 0.15) is 6.04 Å². The second-order valence-corrected chi connectivity index (χ2v) is 6.43. The summed E-state index contributed by atoms with van der Waals surface area (Å²) < 4.78 is 0. The van der Waals surface area contributed by atoms with Gasteiger partial charge in [0.2, 0.25) is 5.91 Å². The Morgan fingerprint density at radius 2 is 1.40 bits per heavy atom. The zero-order valence-corrected chi connectivity index (χ0v) is 14.4. The maximum Gasteiger partial charge on any atom is 0.262 e. The minimum Gasteiger partial charge on any atom is -0.324 e. The second kappa shape index (κ2) is 6.51. The van der Waals surface area contributed by atoms with E-state index in [0.717, 1.165) is 10.5 Å². The number of hydrogen-bond acceptors (Lipinski definition) is 3. The first-order valence-corrected chi connectivity index (χ1v) is 8.28. The highest BCUT2D eigenvalue weighted by atomic mass is 16.2. The van der Waals surface area contributed by atoms with E-state index in [2.05, 4.69) is 5.32 Å². The van der Waals surface area contributed by atoms with Crippen LogP contribution in [-0.2, 0) is 4.79 Å². The molecule has 3 amide bonds. The van der Waals surface area contributed by atoms with Crippen LogP contribution in [0.1, 0.15) is 53.0 Å². The van der Waals surface area contributed by atoms with Gasteiger partial charge in [0, 0.05) is 5.69 Å². The van der Waals surface area contributed by atoms with E-state index in [4.69, 9.17) is 0 Å². The molecule has 1 aliphatic heterocycles. The molecular weight excluding hydrogens is 316 g/mol. The molecule has 2 aromatic carbocycles. The standard InChI is InChI=1S/C20H20N2O3/c1-12(2)14-8-6-7-11-17(14)21-18(23)13(3)22-19(24)15-9-4-5-10-16(15)20(22)25/h4-13H,1-3H3,(H,21,23)/t13-/m0/s1. The van der Waals surface area contributed by atoms with Gasteiger partial charge in [-0.25, -0.2) is 0 Å². The summed E-state index contributed by atoms with van der Waals surface area (Å²) in [6.07, 6.45) is 0. The Kier molecular flexibility index (Phi) is 4.40. The van der Waals surface area contributed by atoms with Gasteiger partial charge in [-0.3, -0.25) is 19.3 Å². The Hall–Kier alpha value is -2.95. The molecule has 128 valence electrons. The van der Waals surface area contributed by atoms with Crippen molar-refractivity contribution in [2.45, 2.75) is 32.7 Å². The average Bonchev–Trinajstić information content (AvgIpc) is 2.86. The first-order valence-electron chi connectivity index (χ1n) is 8.28. The zero-order valence-electron chi connectivity index (χ0n) is 14.4. The number of fused-ring (bicyclic) bond motifs is 1. The van der Waals surface area contributed by atoms with Gasteiger partial charge >= 0.3 is 0 Å². The summed E-state index contributed by atoms with van der Waals surface area (Å²) in [5, 5.41) is 2.85. The summed E-state index contributed by atoms with van der Waals surface area (Å²) in [4.78, 5) is 38.7. The van der Waals surface area contributed by atoms with Crippen molar-refractivity contribution in [1.29, 1.82) is 0 Å². The Labute approximate surface area is 146 Å². The topological polar surface area (TPSA) is 66.5 Å². The molecule has 0 spiro atoms. The van der Waals surface area contributed by atoms with Crippen molar-refractivity contribution < 1.29 is 14.4 Å². The third-order valence-electron chi connectivity index (χ3n) is 4.43. The fraction of sp³-hybridized carbons (Fsp3) is 0.250. The largest absolute Gasteiger partial charge is 0.324 e. The molecule has 5 nitrogen and oxygen atoms in total. The average molecular weight is 336 g/mol. The smallest absolute Gasteiger partial charge is 0.262 e. The van der Waals surface area contributed by atoms with Gasteiger partial charge in [0.15, 0.2) is 0 Å². The summed E-state index contributed by atoms with van der Waals surface area (Å²) in [7, 11) is 0. The number of para-hydroxylation sites is 1. The lowest BCUT2D eigenvalue weighted by atomic mass is 10.0. The highest BCUT2D eigenvalue weighted by molar-refractivity contribution is 6.23. The van der Waals surface area contributed by atoms with Crippen molar-refractivity contribution in [2.75, 3.05) is 5.32 Å². The predicted molar refractivity (Wildman–Crippen MR) is 95.6 cm³/mol. The summed E-state index contributed by atoms with van der Waals surface area (Å²) in [6.45, 7) is 5.65. The van der Waals surface area contributed by atoms with E-state index >= 15 is 0 Å². The molecule has 1 heterocycles. The van der Waals surface area contributed by atoms with E-state index in [1.807, 2.05) is 38.1 Å². The minimum absolute atomic E-state index is 0.242. The molecule has 0 aliphatic carbocycles. The van der Waals surface area contributed by atoms with Crippen LogP contribution in [0.5, 0.6) is 0 Å². The van der Waals surface area contributed by atoms with Gasteiger partial charge in [-0.2, -0.15) is 0 Å². The number of hydrogen-bond donors (Lipinski definition) is 1. The van der Waals surface area contributed by atoms with E-state index in [1.54, 1.807) is 31.2 Å². The van der Waals surface area contributed by atoms with E-state index in [9.17, 15) is 14.4 Å². The molecular formula is C20H20N2O3. The van der Waals surface area contributed by atoms with Crippen LogP contribution in [0.4, 0.5) is 5.69 Å². The van der Waals surface area contributed by atoms with Crippen LogP contribution >= 0.6 is 0 Å². The number of rotatable bonds is 4. The van der Waals surface area contributed by atoms with Gasteiger partial charge in [-0.05, 0) is 36.6 Å². The van der Waals surface area contributed by atoms with Gasteiger partial charge in [-0.1, -0.05) is 44.2 Å². The summed E-state index contributed by atoms with van der Waals surface area (Å²) in [6, 6.07) is 13.3. The van der Waals surface area contributed by atoms with Crippen molar-refractivity contribution in [2.24, 2.45) is 0 Å². The molecule has 0 radical (unpaired) electrons. The van der Waals surface area contributed by atoms with Gasteiger partial charge in [-0.15, -0.1) is 0 Å². The van der Waals surface area contributed by atoms with Crippen LogP contribution in [0, 0.1) is 0 Å². The second-order valence-electron chi connectivity index (χ2n) is 6.43. The fourth-order valence-electron chi connectivity index (χ4n) is 3.03. The van der Waals surface area contributed by atoms with E-state index in [1.165, 1.54) is 0 Å². The minimum atomic E-state index is -0.896. The molecule has 1 aliphatic rings. The molecule has 5 heteroatoms. The van der Waals surface area contributed by atoms with Crippen LogP contribution in [-0.4, -0.2) is 28.7 Å². The Bertz CT molecular complexity index is 823. The Balaban J connectivity index is 1.83. The number of anilines is 1. The molecule has 2 aromatic rings. The third kappa shape index (κ3) is 2.93. The SMILES string of the molecule is CC(C)c1ccccc1NC(=O)[C@H](C)N1C(=O)c2ccccc2C1=O. The van der Waals surface area contributed by atoms with Crippen LogP contribution in [0.2, 0.25) is 0 Å². The van der Waals surface area contributed by atoms with Gasteiger partial charge < -0.3 is 5.32 Å². The van der Waals surface area contributed by atoms with Crippen LogP contribution in [0.25, 0.3) is 0 Å². The van der Waals surface area contributed by atoms with Crippen molar-refractivity contribution in [3.63, 3.8) is 0 Å². The van der Waals surface area contributed by atoms with Crippen molar-refractivity contribution in [3.8, 4) is 0 Å². The number of imide groups is 1. The molecule has 25 heavy (non-hydrogen) atoms. The number of benzene rings is 2. The van der Waals surface area contributed by atoms with Gasteiger partial charge in [0.25, 0.3) is 11.8 Å². The number of amides is 3. The van der Waals surface area contributed by atoms with Crippen LogP contribution in [0.3, 0.4) is 0 Å². The fourth-order valence-corrected chi connectivity index (χ4v) is 3.03. The van der Waals surface area contributed by atoms with Crippen LogP contribution < -0.4 is 5.32 Å².